The minimum absolute atomic E-state index is 0.117. The minimum atomic E-state index is -0.704. The number of hydrogen-bond acceptors (Lipinski definition) is 9. The first kappa shape index (κ1) is 40.3. The molecule has 4 N–H and O–H groups in total. The molecule has 8 rings (SSSR count). The zero-order chi connectivity index (χ0) is 42.4. The SMILES string of the molecule is COC(=O)N[C@H](C(=O)N1CCC[C@@H]1c1ncc(-c2ccc3c(c2)nc(C)n2c4ccc(-c5cnc([C@@H]6CCCN6C(=O)[C@@H](NC(=O)OC)C(C)C)[nH]5)cc4cc32)[nH]1)C(C)C. The lowest BCUT2D eigenvalue weighted by atomic mass is 10.0. The Morgan fingerprint density at radius 1 is 0.717 bits per heavy atom. The molecular weight excluding hydrogens is 765 g/mol. The van der Waals surface area contributed by atoms with Gasteiger partial charge in [-0.1, -0.05) is 45.9 Å². The zero-order valence-corrected chi connectivity index (χ0v) is 35.0. The zero-order valence-electron chi connectivity index (χ0n) is 35.0. The summed E-state index contributed by atoms with van der Waals surface area (Å²) in [5.74, 6) is 1.73. The molecule has 4 aromatic heterocycles. The summed E-state index contributed by atoms with van der Waals surface area (Å²) in [5, 5.41) is 7.47. The molecule has 0 radical (unpaired) electrons. The van der Waals surface area contributed by atoms with Crippen LogP contribution in [0.1, 0.15) is 82.9 Å². The van der Waals surface area contributed by atoms with Gasteiger partial charge in [-0.2, -0.15) is 0 Å². The molecule has 2 fully saturated rings. The van der Waals surface area contributed by atoms with Crippen molar-refractivity contribution in [1.82, 2.24) is 49.8 Å². The van der Waals surface area contributed by atoms with Crippen molar-refractivity contribution in [1.29, 1.82) is 0 Å². The molecular formula is C44H52N10O6. The second-order valence-corrected chi connectivity index (χ2v) is 16.5. The van der Waals surface area contributed by atoms with E-state index in [0.29, 0.717) is 24.7 Å². The van der Waals surface area contributed by atoms with Gasteiger partial charge in [0.15, 0.2) is 0 Å². The number of alkyl carbamates (subject to hydrolysis) is 2. The number of aromatic nitrogens is 6. The van der Waals surface area contributed by atoms with Crippen LogP contribution in [-0.2, 0) is 19.1 Å². The van der Waals surface area contributed by atoms with Crippen LogP contribution in [0, 0.1) is 18.8 Å². The van der Waals surface area contributed by atoms with Crippen molar-refractivity contribution in [2.24, 2.45) is 11.8 Å². The summed E-state index contributed by atoms with van der Waals surface area (Å²) in [6.07, 6.45) is 5.56. The highest BCUT2D eigenvalue weighted by atomic mass is 16.5. The number of aromatic amines is 2. The monoisotopic (exact) mass is 816 g/mol. The third kappa shape index (κ3) is 7.39. The number of likely N-dealkylation sites (tertiary alicyclic amines) is 2. The number of benzene rings is 2. The maximum absolute atomic E-state index is 13.7. The third-order valence-corrected chi connectivity index (χ3v) is 12.0. The number of imidazole rings is 2. The largest absolute Gasteiger partial charge is 0.453 e. The van der Waals surface area contributed by atoms with Gasteiger partial charge in [-0.25, -0.2) is 24.5 Å². The van der Waals surface area contributed by atoms with Gasteiger partial charge in [0.1, 0.15) is 29.6 Å². The fraction of sp³-hybridized carbons (Fsp3) is 0.432. The van der Waals surface area contributed by atoms with Crippen molar-refractivity contribution in [3.63, 3.8) is 0 Å². The van der Waals surface area contributed by atoms with Gasteiger partial charge in [-0.15, -0.1) is 0 Å². The van der Waals surface area contributed by atoms with Gasteiger partial charge < -0.3 is 39.9 Å². The summed E-state index contributed by atoms with van der Waals surface area (Å²) in [4.78, 5) is 76.5. The van der Waals surface area contributed by atoms with E-state index in [1.165, 1.54) is 14.2 Å². The van der Waals surface area contributed by atoms with Crippen molar-refractivity contribution < 1.29 is 28.7 Å². The first-order valence-electron chi connectivity index (χ1n) is 20.6. The van der Waals surface area contributed by atoms with Crippen LogP contribution in [0.5, 0.6) is 0 Å². The highest BCUT2D eigenvalue weighted by Crippen LogP contribution is 2.36. The standard InChI is InChI=1S/C44H52N10O6/c1-23(2)37(50-43(57)59-6)41(55)52-16-8-10-34(52)39-45-21-31(48-39)26-13-15-33-28(18-26)20-36-29-14-12-27(19-30(29)47-25(5)54(33)36)32-22-46-40(49-32)35-11-9-17-53(35)42(56)38(24(3)4)51-44(58)60-7/h12-15,18-24,34-35,37-38H,8-11,16-17H2,1-7H3,(H,45,48)(H,46,49)(H,50,57)(H,51,58)/t34-,35+,37-,38-/m0/s1. The van der Waals surface area contributed by atoms with Gasteiger partial charge >= 0.3 is 12.2 Å². The highest BCUT2D eigenvalue weighted by Gasteiger charge is 2.39. The van der Waals surface area contributed by atoms with Crippen LogP contribution in [0.25, 0.3) is 49.8 Å². The van der Waals surface area contributed by atoms with Crippen LogP contribution < -0.4 is 10.6 Å². The Labute approximate surface area is 347 Å². The van der Waals surface area contributed by atoms with Gasteiger partial charge in [-0.3, -0.25) is 14.0 Å². The van der Waals surface area contributed by atoms with E-state index in [1.807, 2.05) is 50.6 Å². The number of carbonyl (C=O) groups is 4. The molecule has 16 heteroatoms. The number of H-pyrrole nitrogens is 2. The predicted molar refractivity (Wildman–Crippen MR) is 226 cm³/mol. The van der Waals surface area contributed by atoms with E-state index in [1.54, 1.807) is 6.20 Å². The third-order valence-electron chi connectivity index (χ3n) is 12.0. The molecule has 2 aromatic carbocycles. The van der Waals surface area contributed by atoms with Gasteiger partial charge in [0.25, 0.3) is 0 Å². The maximum atomic E-state index is 13.7. The van der Waals surface area contributed by atoms with Crippen molar-refractivity contribution >= 4 is 51.3 Å². The summed E-state index contributed by atoms with van der Waals surface area (Å²) in [5.41, 5.74) is 6.48. The summed E-state index contributed by atoms with van der Waals surface area (Å²) in [7, 11) is 2.58. The normalized spacial score (nSPS) is 17.9. The predicted octanol–water partition coefficient (Wildman–Crippen LogP) is 6.82. The Morgan fingerprint density at radius 3 is 1.75 bits per heavy atom. The molecule has 6 aromatic rings. The Hall–Kier alpha value is -6.45. The molecule has 314 valence electrons. The van der Waals surface area contributed by atoms with Crippen LogP contribution >= 0.6 is 0 Å². The van der Waals surface area contributed by atoms with E-state index < -0.39 is 24.3 Å². The average Bonchev–Trinajstić information content (AvgIpc) is 4.09. The van der Waals surface area contributed by atoms with Gasteiger partial charge in [0.05, 0.1) is 66.6 Å². The van der Waals surface area contributed by atoms with Crippen LogP contribution in [0.4, 0.5) is 9.59 Å². The summed E-state index contributed by atoms with van der Waals surface area (Å²) < 4.78 is 11.7. The van der Waals surface area contributed by atoms with E-state index in [9.17, 15) is 19.2 Å². The molecule has 2 aliphatic heterocycles. The van der Waals surface area contributed by atoms with Crippen LogP contribution in [0.2, 0.25) is 0 Å². The Morgan fingerprint density at radius 2 is 1.23 bits per heavy atom. The maximum Gasteiger partial charge on any atom is 0.407 e. The Balaban J connectivity index is 1.04. The fourth-order valence-electron chi connectivity index (χ4n) is 8.85. The molecule has 0 bridgehead atoms. The lowest BCUT2D eigenvalue weighted by Crippen LogP contribution is -2.51. The summed E-state index contributed by atoms with van der Waals surface area (Å²) in [6.45, 7) is 10.8. The van der Waals surface area contributed by atoms with Crippen molar-refractivity contribution in [3.8, 4) is 22.5 Å². The molecule has 4 atom stereocenters. The first-order chi connectivity index (χ1) is 28.9. The van der Waals surface area contributed by atoms with Crippen molar-refractivity contribution in [3.05, 3.63) is 72.3 Å². The molecule has 2 saturated heterocycles. The molecule has 2 aliphatic rings. The van der Waals surface area contributed by atoms with Crippen LogP contribution in [-0.4, -0.2) is 103 Å². The number of amides is 4. The van der Waals surface area contributed by atoms with Crippen LogP contribution in [0.3, 0.4) is 0 Å². The minimum Gasteiger partial charge on any atom is -0.453 e. The molecule has 0 aliphatic carbocycles. The first-order valence-corrected chi connectivity index (χ1v) is 20.6. The van der Waals surface area contributed by atoms with Crippen molar-refractivity contribution in [2.75, 3.05) is 27.3 Å². The molecule has 4 amide bonds. The lowest BCUT2D eigenvalue weighted by molar-refractivity contribution is -0.136. The van der Waals surface area contributed by atoms with Gasteiger partial charge in [0.2, 0.25) is 11.8 Å². The van der Waals surface area contributed by atoms with Gasteiger partial charge in [0, 0.05) is 35.0 Å². The molecule has 60 heavy (non-hydrogen) atoms. The number of hydrogen-bond donors (Lipinski definition) is 4. The topological polar surface area (TPSA) is 192 Å². The number of carbonyl (C=O) groups excluding carboxylic acids is 4. The smallest absolute Gasteiger partial charge is 0.407 e. The number of rotatable bonds is 10. The number of nitrogens with one attached hydrogen (secondary N) is 4. The quantitative estimate of drug-likeness (QED) is 0.115. The number of methoxy groups -OCH3 is 2. The molecule has 0 unspecified atom stereocenters. The van der Waals surface area contributed by atoms with E-state index in [0.717, 1.165) is 81.3 Å². The fourth-order valence-corrected chi connectivity index (χ4v) is 8.85. The lowest BCUT2D eigenvalue weighted by Gasteiger charge is -2.30. The van der Waals surface area contributed by atoms with E-state index in [4.69, 9.17) is 24.4 Å². The summed E-state index contributed by atoms with van der Waals surface area (Å²) in [6, 6.07) is 12.8. The van der Waals surface area contributed by atoms with Gasteiger partial charge in [-0.05, 0) is 68.7 Å². The van der Waals surface area contributed by atoms with E-state index >= 15 is 0 Å². The molecule has 0 saturated carbocycles. The Kier molecular flexibility index (Phi) is 11.0. The second kappa shape index (κ2) is 16.3. The number of fused-ring (bicyclic) bond motifs is 5. The molecule has 6 heterocycles. The Bertz CT molecular complexity index is 2610. The molecule has 0 spiro atoms. The van der Waals surface area contributed by atoms with Crippen LogP contribution in [0.15, 0.2) is 54.9 Å². The highest BCUT2D eigenvalue weighted by molar-refractivity contribution is 6.03. The summed E-state index contributed by atoms with van der Waals surface area (Å²) >= 11 is 0. The van der Waals surface area contributed by atoms with E-state index in [2.05, 4.69) is 67.5 Å². The van der Waals surface area contributed by atoms with Crippen molar-refractivity contribution in [2.45, 2.75) is 84.5 Å². The number of nitrogens with zero attached hydrogens (tertiary/aromatic N) is 6. The average molecular weight is 817 g/mol. The molecule has 16 nitrogen and oxygen atoms in total. The number of aryl methyl sites for hydroxylation is 1. The van der Waals surface area contributed by atoms with E-state index in [-0.39, 0.29) is 35.7 Å². The second-order valence-electron chi connectivity index (χ2n) is 16.5. The number of ether oxygens (including phenoxy) is 2.